The fraction of sp³-hybridized carbons (Fsp3) is 0.219. The molecule has 0 spiro atoms. The number of esters is 1. The second kappa shape index (κ2) is 11.8. The number of ether oxygens (including phenoxy) is 1. The van der Waals surface area contributed by atoms with Crippen LogP contribution in [0, 0.1) is 15.9 Å². The molecule has 0 unspecified atom stereocenters. The zero-order valence-electron chi connectivity index (χ0n) is 23.2. The molecule has 11 heteroatoms. The molecule has 0 bridgehead atoms. The predicted molar refractivity (Wildman–Crippen MR) is 162 cm³/mol. The molecule has 43 heavy (non-hydrogen) atoms. The number of nitrogens with zero attached hydrogens (tertiary/aromatic N) is 4. The number of non-ortho nitro benzene ring substituents is 1. The molecule has 1 aromatic heterocycles. The molecule has 2 aliphatic heterocycles. The van der Waals surface area contributed by atoms with Gasteiger partial charge in [-0.25, -0.2) is 14.2 Å². The first-order valence-electron chi connectivity index (χ1n) is 13.9. The summed E-state index contributed by atoms with van der Waals surface area (Å²) in [5, 5.41) is 11.6. The van der Waals surface area contributed by atoms with E-state index < -0.39 is 28.3 Å². The molecule has 0 N–H and O–H groups in total. The van der Waals surface area contributed by atoms with E-state index in [4.69, 9.17) is 9.73 Å². The highest BCUT2D eigenvalue weighted by Crippen LogP contribution is 2.35. The minimum atomic E-state index is -0.948. The number of benzene rings is 3. The SMILES string of the molecule is CCOC(=O)C1=C(c2ccccc2)N=c2sc(=Cc3cc([N+](=O)[O-])ccc3N3CCCC3)c(=O)n2[C@@H]1c1ccc(F)cc1. The van der Waals surface area contributed by atoms with Crippen molar-refractivity contribution in [1.29, 1.82) is 0 Å². The van der Waals surface area contributed by atoms with E-state index in [0.29, 0.717) is 31.7 Å². The standard InChI is InChI=1S/C32H27FN4O5S/c1-2-42-31(39)27-28(20-8-4-3-5-9-20)34-32-36(29(27)21-10-12-23(33)13-11-21)30(38)26(43-32)19-22-18-24(37(40)41)14-15-25(22)35-16-6-7-17-35/h3-5,8-15,18-19,29H,2,6-7,16-17H2,1H3/t29-/m1/s1. The zero-order valence-corrected chi connectivity index (χ0v) is 24.1. The third kappa shape index (κ3) is 5.39. The maximum atomic E-state index is 14.2. The van der Waals surface area contributed by atoms with Gasteiger partial charge in [-0.1, -0.05) is 53.8 Å². The summed E-state index contributed by atoms with van der Waals surface area (Å²) in [6.45, 7) is 3.43. The van der Waals surface area contributed by atoms with Crippen LogP contribution in [-0.4, -0.2) is 35.2 Å². The Kier molecular flexibility index (Phi) is 7.73. The van der Waals surface area contributed by atoms with E-state index in [1.54, 1.807) is 19.1 Å². The molecular formula is C32H27FN4O5S. The Balaban J connectivity index is 1.63. The molecule has 1 saturated heterocycles. The number of aromatic nitrogens is 1. The van der Waals surface area contributed by atoms with Crippen LogP contribution in [0.2, 0.25) is 0 Å². The fourth-order valence-electron chi connectivity index (χ4n) is 5.56. The minimum absolute atomic E-state index is 0.0814. The molecule has 0 aliphatic carbocycles. The smallest absolute Gasteiger partial charge is 0.338 e. The Bertz CT molecular complexity index is 1930. The normalized spacial score (nSPS) is 16.7. The second-order valence-electron chi connectivity index (χ2n) is 10.2. The van der Waals surface area contributed by atoms with Gasteiger partial charge in [-0.15, -0.1) is 0 Å². The molecule has 4 aromatic rings. The van der Waals surface area contributed by atoms with Crippen molar-refractivity contribution in [2.45, 2.75) is 25.8 Å². The topological polar surface area (TPSA) is 107 Å². The lowest BCUT2D eigenvalue weighted by Crippen LogP contribution is -2.40. The van der Waals surface area contributed by atoms with Gasteiger partial charge < -0.3 is 9.64 Å². The monoisotopic (exact) mass is 598 g/mol. The highest BCUT2D eigenvalue weighted by atomic mass is 32.1. The first-order valence-corrected chi connectivity index (χ1v) is 14.7. The summed E-state index contributed by atoms with van der Waals surface area (Å²) in [6, 6.07) is 18.5. The number of hydrogen-bond donors (Lipinski definition) is 0. The maximum absolute atomic E-state index is 14.2. The van der Waals surface area contributed by atoms with Crippen LogP contribution in [0.3, 0.4) is 0 Å². The van der Waals surface area contributed by atoms with Gasteiger partial charge in [0, 0.05) is 42.0 Å². The summed E-state index contributed by atoms with van der Waals surface area (Å²) in [5.41, 5.74) is 2.53. The molecule has 6 rings (SSSR count). The van der Waals surface area contributed by atoms with E-state index in [9.17, 15) is 24.1 Å². The largest absolute Gasteiger partial charge is 0.463 e. The highest BCUT2D eigenvalue weighted by Gasteiger charge is 2.35. The van der Waals surface area contributed by atoms with Crippen LogP contribution in [-0.2, 0) is 9.53 Å². The first kappa shape index (κ1) is 28.2. The van der Waals surface area contributed by atoms with Crippen LogP contribution >= 0.6 is 11.3 Å². The van der Waals surface area contributed by atoms with Crippen molar-refractivity contribution in [2.24, 2.45) is 4.99 Å². The number of carbonyl (C=O) groups excluding carboxylic acids is 1. The summed E-state index contributed by atoms with van der Waals surface area (Å²) < 4.78 is 21.2. The molecule has 0 radical (unpaired) electrons. The Morgan fingerprint density at radius 2 is 1.84 bits per heavy atom. The van der Waals surface area contributed by atoms with Crippen molar-refractivity contribution in [3.63, 3.8) is 0 Å². The Morgan fingerprint density at radius 1 is 1.12 bits per heavy atom. The van der Waals surface area contributed by atoms with Crippen molar-refractivity contribution in [1.82, 2.24) is 4.57 Å². The number of rotatable bonds is 7. The molecule has 0 amide bonds. The quantitative estimate of drug-likeness (QED) is 0.175. The molecule has 9 nitrogen and oxygen atoms in total. The van der Waals surface area contributed by atoms with Gasteiger partial charge in [-0.3, -0.25) is 19.5 Å². The third-order valence-corrected chi connectivity index (χ3v) is 8.50. The lowest BCUT2D eigenvalue weighted by Gasteiger charge is -2.25. The zero-order chi connectivity index (χ0) is 30.1. The van der Waals surface area contributed by atoms with Gasteiger partial charge in [0.2, 0.25) is 0 Å². The van der Waals surface area contributed by atoms with Crippen molar-refractivity contribution in [3.8, 4) is 0 Å². The van der Waals surface area contributed by atoms with Gasteiger partial charge in [0.1, 0.15) is 5.82 Å². The maximum Gasteiger partial charge on any atom is 0.338 e. The summed E-state index contributed by atoms with van der Waals surface area (Å²) in [6.07, 6.45) is 3.67. The average molecular weight is 599 g/mol. The van der Waals surface area contributed by atoms with Crippen molar-refractivity contribution < 1.29 is 18.8 Å². The number of thiazole rings is 1. The summed E-state index contributed by atoms with van der Waals surface area (Å²) in [5.74, 6) is -1.09. The van der Waals surface area contributed by atoms with E-state index in [-0.39, 0.29) is 17.9 Å². The van der Waals surface area contributed by atoms with Crippen LogP contribution in [0.25, 0.3) is 11.8 Å². The fourth-order valence-corrected chi connectivity index (χ4v) is 6.55. The molecule has 218 valence electrons. The predicted octanol–water partition coefficient (Wildman–Crippen LogP) is 4.58. The number of halogens is 1. The summed E-state index contributed by atoms with van der Waals surface area (Å²) in [4.78, 5) is 46.2. The molecular weight excluding hydrogens is 571 g/mol. The Labute approximate surface area is 249 Å². The van der Waals surface area contributed by atoms with Gasteiger partial charge >= 0.3 is 5.97 Å². The lowest BCUT2D eigenvalue weighted by molar-refractivity contribution is -0.384. The van der Waals surface area contributed by atoms with E-state index in [1.807, 2.05) is 30.3 Å². The minimum Gasteiger partial charge on any atom is -0.463 e. The van der Waals surface area contributed by atoms with Crippen LogP contribution in [0.1, 0.15) is 42.5 Å². The van der Waals surface area contributed by atoms with Gasteiger partial charge in [-0.2, -0.15) is 0 Å². The number of hydrogen-bond acceptors (Lipinski definition) is 8. The second-order valence-corrected chi connectivity index (χ2v) is 11.2. The van der Waals surface area contributed by atoms with Gasteiger partial charge in [0.25, 0.3) is 11.2 Å². The summed E-state index contributed by atoms with van der Waals surface area (Å²) >= 11 is 1.13. The van der Waals surface area contributed by atoms with E-state index in [0.717, 1.165) is 43.0 Å². The number of fused-ring (bicyclic) bond motifs is 1. The van der Waals surface area contributed by atoms with Gasteiger partial charge in [0.05, 0.1) is 33.4 Å². The van der Waals surface area contributed by atoms with Crippen LogP contribution < -0.4 is 19.8 Å². The van der Waals surface area contributed by atoms with Gasteiger partial charge in [-0.05, 0) is 49.6 Å². The molecule has 3 aromatic carbocycles. The van der Waals surface area contributed by atoms with Crippen molar-refractivity contribution in [3.05, 3.63) is 131 Å². The number of anilines is 1. The van der Waals surface area contributed by atoms with E-state index >= 15 is 0 Å². The van der Waals surface area contributed by atoms with Crippen molar-refractivity contribution in [2.75, 3.05) is 24.6 Å². The molecule has 3 heterocycles. The summed E-state index contributed by atoms with van der Waals surface area (Å²) in [7, 11) is 0. The van der Waals surface area contributed by atoms with E-state index in [2.05, 4.69) is 4.90 Å². The molecule has 2 aliphatic rings. The Morgan fingerprint density at radius 3 is 2.51 bits per heavy atom. The molecule has 1 atom stereocenters. The lowest BCUT2D eigenvalue weighted by atomic mass is 9.93. The number of nitro groups is 1. The average Bonchev–Trinajstić information content (AvgIpc) is 3.65. The van der Waals surface area contributed by atoms with Crippen LogP contribution in [0.4, 0.5) is 15.8 Å². The van der Waals surface area contributed by atoms with Crippen molar-refractivity contribution >= 4 is 40.5 Å². The number of nitro benzene ring substituents is 1. The molecule has 0 saturated carbocycles. The van der Waals surface area contributed by atoms with Crippen LogP contribution in [0.5, 0.6) is 0 Å². The third-order valence-electron chi connectivity index (χ3n) is 7.51. The molecule has 1 fully saturated rings. The van der Waals surface area contributed by atoms with E-state index in [1.165, 1.54) is 41.0 Å². The highest BCUT2D eigenvalue weighted by molar-refractivity contribution is 7.07. The van der Waals surface area contributed by atoms with Gasteiger partial charge in [0.15, 0.2) is 4.80 Å². The number of carbonyl (C=O) groups is 1. The Hall–Kier alpha value is -4.90. The first-order chi connectivity index (χ1) is 20.9. The van der Waals surface area contributed by atoms with Crippen LogP contribution in [0.15, 0.2) is 88.2 Å².